The van der Waals surface area contributed by atoms with Gasteiger partial charge in [0.25, 0.3) is 0 Å². The molecule has 0 spiro atoms. The lowest BCUT2D eigenvalue weighted by Crippen LogP contribution is -2.33. The van der Waals surface area contributed by atoms with Crippen LogP contribution in [-0.4, -0.2) is 52.5 Å². The van der Waals surface area contributed by atoms with Crippen LogP contribution in [-0.2, 0) is 9.59 Å². The lowest BCUT2D eigenvalue weighted by molar-refractivity contribution is -0.139. The molecule has 35 heavy (non-hydrogen) atoms. The number of rotatable bonds is 7. The summed E-state index contributed by atoms with van der Waals surface area (Å²) in [5, 5.41) is 16.5. The average molecular weight is 476 g/mol. The summed E-state index contributed by atoms with van der Waals surface area (Å²) >= 11 is 0. The van der Waals surface area contributed by atoms with Gasteiger partial charge in [-0.25, -0.2) is 9.48 Å². The molecule has 5 rings (SSSR count). The van der Waals surface area contributed by atoms with Gasteiger partial charge in [-0.1, -0.05) is 18.2 Å². The number of benzene rings is 2. The number of anilines is 1. The number of fused-ring (bicyclic) bond motifs is 1. The Labute approximate surface area is 201 Å². The van der Waals surface area contributed by atoms with Crippen LogP contribution in [0.15, 0.2) is 60.1 Å². The van der Waals surface area contributed by atoms with Crippen molar-refractivity contribution in [1.82, 2.24) is 14.8 Å². The number of allylic oxidation sites excluding steroid dienone is 2. The number of nitrogens with one attached hydrogen (secondary N) is 1. The third kappa shape index (κ3) is 4.18. The smallest absolute Gasteiger partial charge is 0.341 e. The number of nitrogens with zero attached hydrogens (tertiary/aromatic N) is 3. The topological polar surface area (TPSA) is 125 Å². The van der Waals surface area contributed by atoms with Crippen molar-refractivity contribution in [3.05, 3.63) is 71.2 Å². The van der Waals surface area contributed by atoms with Gasteiger partial charge >= 0.3 is 5.97 Å². The van der Waals surface area contributed by atoms with Crippen molar-refractivity contribution in [1.29, 1.82) is 0 Å². The minimum Gasteiger partial charge on any atom is -0.493 e. The fourth-order valence-electron chi connectivity index (χ4n) is 4.69. The quantitative estimate of drug-likeness (QED) is 0.529. The number of hydrogen-bond acceptors (Lipinski definition) is 8. The number of ether oxygens (including phenoxy) is 3. The van der Waals surface area contributed by atoms with Gasteiger partial charge in [0.05, 0.1) is 14.2 Å². The molecular weight excluding hydrogens is 452 g/mol. The third-order valence-corrected chi connectivity index (χ3v) is 6.30. The third-order valence-electron chi connectivity index (χ3n) is 6.30. The highest BCUT2D eigenvalue weighted by atomic mass is 16.5. The summed E-state index contributed by atoms with van der Waals surface area (Å²) in [6.07, 6.45) is 2.42. The van der Waals surface area contributed by atoms with Crippen LogP contribution in [0.1, 0.15) is 35.9 Å². The van der Waals surface area contributed by atoms with Gasteiger partial charge < -0.3 is 24.6 Å². The standard InChI is InChI=1S/C25H24N4O6/c1-33-20-8-5-15(11-21(20)34-2)16-9-18-23(19(30)10-16)24(29-25(28-18)26-13-27-29)14-3-6-17(7-4-14)35-12-22(31)32/h3-8,11,13,16,24H,9-10,12H2,1-2H3,(H,31,32)(H,26,27,28)/t16-,24-/m1/s1. The highest BCUT2D eigenvalue weighted by Crippen LogP contribution is 2.45. The van der Waals surface area contributed by atoms with Gasteiger partial charge in [0.2, 0.25) is 5.95 Å². The maximum Gasteiger partial charge on any atom is 0.341 e. The Hall–Kier alpha value is -4.34. The molecule has 0 unspecified atom stereocenters. The van der Waals surface area contributed by atoms with E-state index in [2.05, 4.69) is 15.4 Å². The van der Waals surface area contributed by atoms with Crippen LogP contribution in [0.2, 0.25) is 0 Å². The molecule has 0 bridgehead atoms. The van der Waals surface area contributed by atoms with E-state index in [9.17, 15) is 9.59 Å². The zero-order valence-corrected chi connectivity index (χ0v) is 19.2. The molecule has 10 nitrogen and oxygen atoms in total. The van der Waals surface area contributed by atoms with Gasteiger partial charge in [-0.05, 0) is 47.7 Å². The fraction of sp³-hybridized carbons (Fsp3) is 0.280. The van der Waals surface area contributed by atoms with Crippen LogP contribution in [0.3, 0.4) is 0 Å². The minimum atomic E-state index is -1.05. The molecule has 2 N–H and O–H groups in total. The predicted octanol–water partition coefficient (Wildman–Crippen LogP) is 3.17. The molecule has 0 radical (unpaired) electrons. The van der Waals surface area contributed by atoms with Crippen molar-refractivity contribution in [2.75, 3.05) is 26.1 Å². The van der Waals surface area contributed by atoms with E-state index in [0.29, 0.717) is 41.6 Å². The summed E-state index contributed by atoms with van der Waals surface area (Å²) < 4.78 is 17.7. The Morgan fingerprint density at radius 1 is 1.09 bits per heavy atom. The number of carboxylic acids is 1. The molecule has 1 aliphatic heterocycles. The molecule has 2 atom stereocenters. The molecule has 0 fully saturated rings. The van der Waals surface area contributed by atoms with Crippen LogP contribution >= 0.6 is 0 Å². The lowest BCUT2D eigenvalue weighted by Gasteiger charge is -2.35. The van der Waals surface area contributed by atoms with E-state index in [1.807, 2.05) is 30.3 Å². The largest absolute Gasteiger partial charge is 0.493 e. The van der Waals surface area contributed by atoms with Crippen LogP contribution in [0.5, 0.6) is 17.2 Å². The predicted molar refractivity (Wildman–Crippen MR) is 125 cm³/mol. The number of carbonyl (C=O) groups is 2. The number of hydrogen-bond donors (Lipinski definition) is 2. The highest BCUT2D eigenvalue weighted by molar-refractivity contribution is 6.00. The van der Waals surface area contributed by atoms with E-state index < -0.39 is 18.6 Å². The molecule has 1 aromatic heterocycles. The van der Waals surface area contributed by atoms with Crippen molar-refractivity contribution in [2.45, 2.75) is 24.8 Å². The first kappa shape index (κ1) is 22.5. The molecule has 180 valence electrons. The zero-order chi connectivity index (χ0) is 24.5. The van der Waals surface area contributed by atoms with Gasteiger partial charge in [0.1, 0.15) is 18.1 Å². The van der Waals surface area contributed by atoms with E-state index in [0.717, 1.165) is 16.8 Å². The molecule has 0 saturated heterocycles. The highest BCUT2D eigenvalue weighted by Gasteiger charge is 2.39. The summed E-state index contributed by atoms with van der Waals surface area (Å²) in [5.41, 5.74) is 3.29. The number of methoxy groups -OCH3 is 2. The maximum atomic E-state index is 13.5. The van der Waals surface area contributed by atoms with Crippen molar-refractivity contribution < 1.29 is 28.9 Å². The van der Waals surface area contributed by atoms with E-state index >= 15 is 0 Å². The molecule has 2 heterocycles. The van der Waals surface area contributed by atoms with Crippen molar-refractivity contribution in [3.8, 4) is 17.2 Å². The maximum absolute atomic E-state index is 13.5. The lowest BCUT2D eigenvalue weighted by atomic mass is 9.78. The van der Waals surface area contributed by atoms with Gasteiger partial charge in [-0.3, -0.25) is 4.79 Å². The summed E-state index contributed by atoms with van der Waals surface area (Å²) in [4.78, 5) is 28.7. The first-order valence-corrected chi connectivity index (χ1v) is 11.1. The SMILES string of the molecule is COc1ccc([C@H]2CC(=O)C3=C(C2)Nc2ncnn2[C@@H]3c2ccc(OCC(=O)O)cc2)cc1OC. The average Bonchev–Trinajstić information content (AvgIpc) is 3.34. The summed E-state index contributed by atoms with van der Waals surface area (Å²) in [5.74, 6) is 1.19. The molecule has 2 aliphatic rings. The summed E-state index contributed by atoms with van der Waals surface area (Å²) in [7, 11) is 3.18. The van der Waals surface area contributed by atoms with Crippen molar-refractivity contribution in [2.24, 2.45) is 0 Å². The number of aromatic nitrogens is 3. The second kappa shape index (κ2) is 9.13. The van der Waals surface area contributed by atoms with Crippen LogP contribution in [0.25, 0.3) is 0 Å². The molecule has 0 saturated carbocycles. The monoisotopic (exact) mass is 476 g/mol. The van der Waals surface area contributed by atoms with Crippen LogP contribution in [0.4, 0.5) is 5.95 Å². The molecule has 3 aromatic rings. The van der Waals surface area contributed by atoms with Crippen LogP contribution in [0, 0.1) is 0 Å². The second-order valence-electron chi connectivity index (χ2n) is 8.34. The number of Topliss-reactive ketones (excluding diaryl/α,β-unsaturated/α-hetero) is 1. The van der Waals surface area contributed by atoms with Gasteiger partial charge in [0, 0.05) is 17.7 Å². The molecule has 10 heteroatoms. The Morgan fingerprint density at radius 3 is 2.54 bits per heavy atom. The first-order chi connectivity index (χ1) is 17.0. The zero-order valence-electron chi connectivity index (χ0n) is 19.2. The second-order valence-corrected chi connectivity index (χ2v) is 8.34. The van der Waals surface area contributed by atoms with E-state index in [4.69, 9.17) is 19.3 Å². The van der Waals surface area contributed by atoms with Gasteiger partial charge in [0.15, 0.2) is 23.9 Å². The van der Waals surface area contributed by atoms with Gasteiger partial charge in [-0.2, -0.15) is 10.1 Å². The fourth-order valence-corrected chi connectivity index (χ4v) is 4.69. The first-order valence-electron chi connectivity index (χ1n) is 11.1. The van der Waals surface area contributed by atoms with Crippen molar-refractivity contribution in [3.63, 3.8) is 0 Å². The number of carboxylic acid groups (broad SMARTS) is 1. The van der Waals surface area contributed by atoms with E-state index in [1.165, 1.54) is 6.33 Å². The van der Waals surface area contributed by atoms with Crippen molar-refractivity contribution >= 4 is 17.7 Å². The molecule has 1 aliphatic carbocycles. The summed E-state index contributed by atoms with van der Waals surface area (Å²) in [6.45, 7) is -0.425. The van der Waals surface area contributed by atoms with Crippen LogP contribution < -0.4 is 19.5 Å². The van der Waals surface area contributed by atoms with E-state index in [1.54, 1.807) is 31.0 Å². The number of aliphatic carboxylic acids is 1. The van der Waals surface area contributed by atoms with Gasteiger partial charge in [-0.15, -0.1) is 0 Å². The molecule has 0 amide bonds. The normalized spacial score (nSPS) is 18.9. The molecular formula is C25H24N4O6. The number of carbonyl (C=O) groups excluding carboxylic acids is 1. The Morgan fingerprint density at radius 2 is 1.83 bits per heavy atom. The number of ketones is 1. The Kier molecular flexibility index (Phi) is 5.86. The van der Waals surface area contributed by atoms with E-state index in [-0.39, 0.29) is 11.7 Å². The molecule has 2 aromatic carbocycles. The summed E-state index contributed by atoms with van der Waals surface area (Å²) in [6, 6.07) is 12.3. The Bertz CT molecular complexity index is 1310. The minimum absolute atomic E-state index is 0.0240. The Balaban J connectivity index is 1.48.